The molecule has 1 aromatic carbocycles. The lowest BCUT2D eigenvalue weighted by atomic mass is 9.79. The van der Waals surface area contributed by atoms with E-state index >= 15 is 0 Å². The van der Waals surface area contributed by atoms with Crippen molar-refractivity contribution < 1.29 is 26.4 Å². The summed E-state index contributed by atoms with van der Waals surface area (Å²) in [4.78, 5) is 16.5. The number of anilines is 1. The second-order valence-corrected chi connectivity index (χ2v) is 12.0. The van der Waals surface area contributed by atoms with Gasteiger partial charge in [-0.05, 0) is 75.2 Å². The highest BCUT2D eigenvalue weighted by Gasteiger charge is 2.46. The van der Waals surface area contributed by atoms with Crippen molar-refractivity contribution in [3.63, 3.8) is 0 Å². The van der Waals surface area contributed by atoms with Crippen LogP contribution in [0.1, 0.15) is 29.4 Å². The van der Waals surface area contributed by atoms with Gasteiger partial charge in [0.2, 0.25) is 0 Å². The van der Waals surface area contributed by atoms with Gasteiger partial charge < -0.3 is 5.32 Å². The molecule has 3 saturated heterocycles. The fourth-order valence-electron chi connectivity index (χ4n) is 4.19. The zero-order chi connectivity index (χ0) is 23.1. The van der Waals surface area contributed by atoms with Crippen molar-refractivity contribution in [3.8, 4) is 0 Å². The molecule has 2 N–H and O–H groups in total. The first-order valence-electron chi connectivity index (χ1n) is 10.1. The zero-order valence-corrected chi connectivity index (χ0v) is 19.5. The maximum absolute atomic E-state index is 12.8. The topological polar surface area (TPSA) is 78.5 Å². The standard InChI is InChI=1S/C20H22F3N3O3S3/c1-12-18(13-8-10-26(12)11-9-13)24-19(27)16-6-7-17(31-16)30-15-4-2-14(3-5-15)25-32(28,29)20(21,22)23/h2-7,12-13,18,25H,8-11H2,1H3,(H,24,27). The SMILES string of the molecule is CC1C(NC(=O)c2ccc(Sc3ccc(NS(=O)(=O)C(F)(F)F)cc3)s2)C2CCN1CC2. The normalized spacial score (nSPS) is 25.5. The lowest BCUT2D eigenvalue weighted by Gasteiger charge is -2.49. The Hall–Kier alpha value is -1.76. The first-order chi connectivity index (χ1) is 15.0. The number of nitrogens with one attached hydrogen (secondary N) is 2. The van der Waals surface area contributed by atoms with E-state index in [9.17, 15) is 26.4 Å². The van der Waals surface area contributed by atoms with Gasteiger partial charge in [0.05, 0.1) is 9.09 Å². The molecule has 0 aliphatic carbocycles. The molecule has 174 valence electrons. The molecule has 0 saturated carbocycles. The molecule has 12 heteroatoms. The lowest BCUT2D eigenvalue weighted by Crippen LogP contribution is -2.62. The molecule has 1 amide bonds. The van der Waals surface area contributed by atoms with E-state index in [1.54, 1.807) is 6.07 Å². The number of thiophene rings is 1. The number of sulfonamides is 1. The minimum absolute atomic E-state index is 0.0932. The first kappa shape index (κ1) is 23.4. The Morgan fingerprint density at radius 2 is 1.78 bits per heavy atom. The minimum atomic E-state index is -5.45. The molecule has 3 aliphatic heterocycles. The molecule has 3 fully saturated rings. The summed E-state index contributed by atoms with van der Waals surface area (Å²) >= 11 is 2.69. The Morgan fingerprint density at radius 1 is 1.12 bits per heavy atom. The van der Waals surface area contributed by atoms with Crippen LogP contribution in [0.4, 0.5) is 18.9 Å². The summed E-state index contributed by atoms with van der Waals surface area (Å²) in [7, 11) is -5.45. The smallest absolute Gasteiger partial charge is 0.347 e. The van der Waals surface area contributed by atoms with E-state index in [-0.39, 0.29) is 17.6 Å². The third-order valence-corrected chi connectivity index (χ3v) is 9.25. The largest absolute Gasteiger partial charge is 0.516 e. The van der Waals surface area contributed by atoms with Crippen molar-refractivity contribution in [2.75, 3.05) is 17.8 Å². The van der Waals surface area contributed by atoms with Crippen LogP contribution < -0.4 is 10.0 Å². The second kappa shape index (κ2) is 8.88. The van der Waals surface area contributed by atoms with Crippen LogP contribution in [0.25, 0.3) is 0 Å². The Labute approximate surface area is 192 Å². The van der Waals surface area contributed by atoms with E-state index < -0.39 is 15.5 Å². The van der Waals surface area contributed by atoms with Crippen LogP contribution in [0.5, 0.6) is 0 Å². The highest BCUT2D eigenvalue weighted by molar-refractivity contribution is 8.01. The van der Waals surface area contributed by atoms with Gasteiger partial charge in [-0.25, -0.2) is 0 Å². The quantitative estimate of drug-likeness (QED) is 0.610. The van der Waals surface area contributed by atoms with E-state index in [0.717, 1.165) is 30.1 Å². The van der Waals surface area contributed by atoms with Gasteiger partial charge in [-0.1, -0.05) is 11.8 Å². The van der Waals surface area contributed by atoms with Crippen LogP contribution in [0, 0.1) is 5.92 Å². The molecule has 6 nitrogen and oxygen atoms in total. The number of amides is 1. The average Bonchev–Trinajstić information content (AvgIpc) is 3.20. The van der Waals surface area contributed by atoms with E-state index in [0.29, 0.717) is 21.7 Å². The molecular weight excluding hydrogens is 483 g/mol. The molecule has 32 heavy (non-hydrogen) atoms. The van der Waals surface area contributed by atoms with Gasteiger partial charge in [0.25, 0.3) is 5.91 Å². The van der Waals surface area contributed by atoms with Crippen molar-refractivity contribution in [3.05, 3.63) is 41.3 Å². The number of benzene rings is 1. The Bertz CT molecular complexity index is 1080. The molecule has 1 aromatic heterocycles. The van der Waals surface area contributed by atoms with Gasteiger partial charge in [0, 0.05) is 22.7 Å². The maximum atomic E-state index is 12.8. The number of fused-ring (bicyclic) bond motifs is 3. The molecule has 5 rings (SSSR count). The number of carbonyl (C=O) groups excluding carboxylic acids is 1. The highest BCUT2D eigenvalue weighted by Crippen LogP contribution is 2.36. The first-order valence-corrected chi connectivity index (χ1v) is 13.2. The summed E-state index contributed by atoms with van der Waals surface area (Å²) in [5, 5.41) is 3.20. The molecule has 0 spiro atoms. The third-order valence-electron chi connectivity index (χ3n) is 5.91. The van der Waals surface area contributed by atoms with Gasteiger partial charge in [-0.3, -0.25) is 14.4 Å². The predicted octanol–water partition coefficient (Wildman–Crippen LogP) is 4.37. The minimum Gasteiger partial charge on any atom is -0.347 e. The summed E-state index contributed by atoms with van der Waals surface area (Å²) in [6, 6.07) is 9.64. The van der Waals surface area contributed by atoms with Gasteiger partial charge in [-0.2, -0.15) is 21.6 Å². The predicted molar refractivity (Wildman–Crippen MR) is 118 cm³/mol. The van der Waals surface area contributed by atoms with Gasteiger partial charge in [-0.15, -0.1) is 11.3 Å². The van der Waals surface area contributed by atoms with Crippen molar-refractivity contribution in [2.24, 2.45) is 5.92 Å². The van der Waals surface area contributed by atoms with Gasteiger partial charge >= 0.3 is 15.5 Å². The number of rotatable bonds is 6. The number of nitrogens with zero attached hydrogens (tertiary/aromatic N) is 1. The van der Waals surface area contributed by atoms with Gasteiger partial charge in [0.15, 0.2) is 0 Å². The number of hydrogen-bond donors (Lipinski definition) is 2. The summed E-state index contributed by atoms with van der Waals surface area (Å²) in [6.07, 6.45) is 2.21. The molecule has 2 unspecified atom stereocenters. The molecule has 2 aromatic rings. The highest BCUT2D eigenvalue weighted by atomic mass is 32.2. The van der Waals surface area contributed by atoms with E-state index in [2.05, 4.69) is 17.1 Å². The molecule has 0 radical (unpaired) electrons. The Morgan fingerprint density at radius 3 is 2.38 bits per heavy atom. The van der Waals surface area contributed by atoms with Crippen LogP contribution in [0.15, 0.2) is 45.5 Å². The number of hydrogen-bond acceptors (Lipinski definition) is 6. The summed E-state index contributed by atoms with van der Waals surface area (Å²) in [6.45, 7) is 4.34. The van der Waals surface area contributed by atoms with Crippen molar-refractivity contribution in [1.82, 2.24) is 10.2 Å². The van der Waals surface area contributed by atoms with E-state index in [1.807, 2.05) is 6.07 Å². The fourth-order valence-corrected chi connectivity index (χ4v) is 6.75. The molecule has 3 aliphatic rings. The molecule has 4 heterocycles. The van der Waals surface area contributed by atoms with Crippen LogP contribution in [0.3, 0.4) is 0 Å². The van der Waals surface area contributed by atoms with E-state index in [1.165, 1.54) is 52.1 Å². The Kier molecular flexibility index (Phi) is 6.49. The Balaban J connectivity index is 1.36. The molecule has 2 atom stereocenters. The average molecular weight is 506 g/mol. The number of alkyl halides is 3. The van der Waals surface area contributed by atoms with Crippen molar-refractivity contribution in [2.45, 2.75) is 46.5 Å². The molecular formula is C20H22F3N3O3S3. The van der Waals surface area contributed by atoms with Crippen LogP contribution in [-0.2, 0) is 10.0 Å². The summed E-state index contributed by atoms with van der Waals surface area (Å²) in [5.74, 6) is 0.422. The maximum Gasteiger partial charge on any atom is 0.516 e. The van der Waals surface area contributed by atoms with Crippen LogP contribution in [-0.4, -0.2) is 49.9 Å². The fraction of sp³-hybridized carbons (Fsp3) is 0.450. The monoisotopic (exact) mass is 505 g/mol. The lowest BCUT2D eigenvalue weighted by molar-refractivity contribution is -0.0429. The zero-order valence-electron chi connectivity index (χ0n) is 17.1. The van der Waals surface area contributed by atoms with Gasteiger partial charge in [0.1, 0.15) is 0 Å². The van der Waals surface area contributed by atoms with Crippen molar-refractivity contribution in [1.29, 1.82) is 0 Å². The second-order valence-electron chi connectivity index (χ2n) is 7.91. The number of carbonyl (C=O) groups is 1. The summed E-state index contributed by atoms with van der Waals surface area (Å²) in [5.41, 5.74) is -5.55. The van der Waals surface area contributed by atoms with E-state index in [4.69, 9.17) is 0 Å². The third kappa shape index (κ3) is 4.92. The van der Waals surface area contributed by atoms with Crippen LogP contribution in [0.2, 0.25) is 0 Å². The number of piperidine rings is 3. The molecule has 2 bridgehead atoms. The summed E-state index contributed by atoms with van der Waals surface area (Å²) < 4.78 is 62.2. The van der Waals surface area contributed by atoms with Crippen LogP contribution >= 0.6 is 23.1 Å². The van der Waals surface area contributed by atoms with Crippen molar-refractivity contribution >= 4 is 44.7 Å². The number of halogens is 3.